The fourth-order valence-corrected chi connectivity index (χ4v) is 3.99. The SMILES string of the molecule is CC(=O)C12CCC(c3nc(C4CC4)no3)(CC1)CC2. The van der Waals surface area contributed by atoms with Crippen LogP contribution in [0.2, 0.25) is 0 Å². The predicted molar refractivity (Wildman–Crippen MR) is 68.8 cm³/mol. The zero-order valence-electron chi connectivity index (χ0n) is 11.4. The summed E-state index contributed by atoms with van der Waals surface area (Å²) in [6.07, 6.45) is 8.55. The Morgan fingerprint density at radius 2 is 1.79 bits per heavy atom. The first-order valence-electron chi connectivity index (χ1n) is 7.49. The maximum Gasteiger partial charge on any atom is 0.232 e. The smallest absolute Gasteiger partial charge is 0.232 e. The molecule has 0 atom stereocenters. The van der Waals surface area contributed by atoms with E-state index >= 15 is 0 Å². The van der Waals surface area contributed by atoms with Crippen molar-refractivity contribution in [2.45, 2.75) is 69.6 Å². The Labute approximate surface area is 113 Å². The van der Waals surface area contributed by atoms with Crippen molar-refractivity contribution in [1.29, 1.82) is 0 Å². The summed E-state index contributed by atoms with van der Waals surface area (Å²) in [6, 6.07) is 0. The second kappa shape index (κ2) is 3.68. The van der Waals surface area contributed by atoms with Crippen molar-refractivity contribution in [3.63, 3.8) is 0 Å². The second-order valence-corrected chi connectivity index (χ2v) is 6.85. The molecule has 0 aromatic carbocycles. The molecule has 0 N–H and O–H groups in total. The van der Waals surface area contributed by atoms with E-state index in [1.54, 1.807) is 6.92 Å². The van der Waals surface area contributed by atoms with Crippen molar-refractivity contribution in [2.24, 2.45) is 5.41 Å². The molecule has 1 aromatic rings. The molecule has 4 fully saturated rings. The third kappa shape index (κ3) is 1.61. The van der Waals surface area contributed by atoms with Crippen LogP contribution in [0.5, 0.6) is 0 Å². The molecule has 4 heteroatoms. The monoisotopic (exact) mass is 260 g/mol. The standard InChI is InChI=1S/C15H20N2O2/c1-10(18)14-4-7-15(8-5-14,9-6-14)13-16-12(17-19-13)11-2-3-11/h11H,2-9H2,1H3. The topological polar surface area (TPSA) is 56.0 Å². The molecule has 0 radical (unpaired) electrons. The van der Waals surface area contributed by atoms with Crippen LogP contribution in [0.25, 0.3) is 0 Å². The van der Waals surface area contributed by atoms with E-state index < -0.39 is 0 Å². The number of fused-ring (bicyclic) bond motifs is 3. The molecule has 5 rings (SSSR count). The summed E-state index contributed by atoms with van der Waals surface area (Å²) in [5.41, 5.74) is 0.0540. The summed E-state index contributed by atoms with van der Waals surface area (Å²) < 4.78 is 5.57. The average molecular weight is 260 g/mol. The van der Waals surface area contributed by atoms with Gasteiger partial charge in [-0.05, 0) is 58.3 Å². The molecule has 4 aliphatic rings. The van der Waals surface area contributed by atoms with Crippen LogP contribution in [-0.4, -0.2) is 15.9 Å². The molecular formula is C15H20N2O2. The summed E-state index contributed by atoms with van der Waals surface area (Å²) in [4.78, 5) is 16.5. The number of hydrogen-bond acceptors (Lipinski definition) is 4. The van der Waals surface area contributed by atoms with Crippen LogP contribution in [0.15, 0.2) is 4.52 Å². The van der Waals surface area contributed by atoms with Crippen LogP contribution >= 0.6 is 0 Å². The third-order valence-corrected chi connectivity index (χ3v) is 5.83. The number of aromatic nitrogens is 2. The number of carbonyl (C=O) groups excluding carboxylic acids is 1. The van der Waals surface area contributed by atoms with Crippen molar-refractivity contribution in [2.75, 3.05) is 0 Å². The molecule has 0 unspecified atom stereocenters. The van der Waals surface area contributed by atoms with E-state index in [0.717, 1.165) is 50.2 Å². The Hall–Kier alpha value is -1.19. The summed E-state index contributed by atoms with van der Waals surface area (Å²) in [6.45, 7) is 1.76. The van der Waals surface area contributed by atoms with Gasteiger partial charge in [0.15, 0.2) is 5.82 Å². The minimum atomic E-state index is -0.0267. The van der Waals surface area contributed by atoms with Gasteiger partial charge in [0.1, 0.15) is 5.78 Å². The molecule has 2 bridgehead atoms. The largest absolute Gasteiger partial charge is 0.339 e. The van der Waals surface area contributed by atoms with Gasteiger partial charge in [-0.3, -0.25) is 4.79 Å². The molecule has 4 aliphatic carbocycles. The molecule has 0 aliphatic heterocycles. The first-order valence-corrected chi connectivity index (χ1v) is 7.49. The average Bonchev–Trinajstić information content (AvgIpc) is 3.18. The van der Waals surface area contributed by atoms with Crippen LogP contribution in [-0.2, 0) is 10.2 Å². The highest BCUT2D eigenvalue weighted by Gasteiger charge is 2.54. The summed E-state index contributed by atoms with van der Waals surface area (Å²) in [5.74, 6) is 2.70. The van der Waals surface area contributed by atoms with Gasteiger partial charge in [0.25, 0.3) is 0 Å². The Bertz CT molecular complexity index is 505. The lowest BCUT2D eigenvalue weighted by Crippen LogP contribution is -2.47. The fraction of sp³-hybridized carbons (Fsp3) is 0.800. The zero-order chi connectivity index (χ0) is 13.1. The summed E-state index contributed by atoms with van der Waals surface area (Å²) >= 11 is 0. The lowest BCUT2D eigenvalue weighted by Gasteiger charge is -2.50. The van der Waals surface area contributed by atoms with E-state index in [-0.39, 0.29) is 10.8 Å². The van der Waals surface area contributed by atoms with E-state index in [9.17, 15) is 4.79 Å². The molecule has 102 valence electrons. The van der Waals surface area contributed by atoms with Crippen molar-refractivity contribution in [1.82, 2.24) is 10.1 Å². The number of rotatable bonds is 3. The highest BCUT2D eigenvalue weighted by Crippen LogP contribution is 2.57. The van der Waals surface area contributed by atoms with Gasteiger partial charge < -0.3 is 4.52 Å². The van der Waals surface area contributed by atoms with E-state index in [1.807, 2.05) is 0 Å². The second-order valence-electron chi connectivity index (χ2n) is 6.85. The van der Waals surface area contributed by atoms with E-state index in [0.29, 0.717) is 11.7 Å². The first kappa shape index (κ1) is 11.6. The van der Waals surface area contributed by atoms with Crippen molar-refractivity contribution >= 4 is 5.78 Å². The van der Waals surface area contributed by atoms with Gasteiger partial charge in [-0.1, -0.05) is 5.16 Å². The Balaban J connectivity index is 1.60. The molecule has 0 saturated heterocycles. The molecule has 1 aromatic heterocycles. The summed E-state index contributed by atoms with van der Waals surface area (Å²) in [5, 5.41) is 4.16. The molecule has 19 heavy (non-hydrogen) atoms. The van der Waals surface area contributed by atoms with Crippen LogP contribution in [0, 0.1) is 5.41 Å². The number of Topliss-reactive ketones (excluding diaryl/α,β-unsaturated/α-hetero) is 1. The van der Waals surface area contributed by atoms with Gasteiger partial charge >= 0.3 is 0 Å². The third-order valence-electron chi connectivity index (χ3n) is 5.83. The normalized spacial score (nSPS) is 37.5. The zero-order valence-corrected chi connectivity index (χ0v) is 11.4. The van der Waals surface area contributed by atoms with Gasteiger partial charge in [0.2, 0.25) is 5.89 Å². The molecule has 4 saturated carbocycles. The van der Waals surface area contributed by atoms with Crippen molar-refractivity contribution in [3.05, 3.63) is 11.7 Å². The number of hydrogen-bond donors (Lipinski definition) is 0. The quantitative estimate of drug-likeness (QED) is 0.837. The van der Waals surface area contributed by atoms with Crippen molar-refractivity contribution in [3.8, 4) is 0 Å². The highest BCUT2D eigenvalue weighted by atomic mass is 16.5. The molecule has 0 spiro atoms. The fourth-order valence-electron chi connectivity index (χ4n) is 3.99. The lowest BCUT2D eigenvalue weighted by atomic mass is 9.52. The Kier molecular flexibility index (Phi) is 2.25. The lowest BCUT2D eigenvalue weighted by molar-refractivity contribution is -0.133. The number of carbonyl (C=O) groups is 1. The molecular weight excluding hydrogens is 240 g/mol. The minimum Gasteiger partial charge on any atom is -0.339 e. The summed E-state index contributed by atoms with van der Waals surface area (Å²) in [7, 11) is 0. The van der Waals surface area contributed by atoms with E-state index in [1.165, 1.54) is 12.8 Å². The highest BCUT2D eigenvalue weighted by molar-refractivity contribution is 5.82. The van der Waals surface area contributed by atoms with Crippen LogP contribution in [0.1, 0.15) is 75.9 Å². The first-order chi connectivity index (χ1) is 9.14. The van der Waals surface area contributed by atoms with Crippen molar-refractivity contribution < 1.29 is 9.32 Å². The number of ketones is 1. The van der Waals surface area contributed by atoms with Crippen LogP contribution < -0.4 is 0 Å². The van der Waals surface area contributed by atoms with Gasteiger partial charge in [0.05, 0.1) is 0 Å². The van der Waals surface area contributed by atoms with Gasteiger partial charge in [-0.2, -0.15) is 4.98 Å². The molecule has 4 nitrogen and oxygen atoms in total. The Morgan fingerprint density at radius 1 is 1.16 bits per heavy atom. The van der Waals surface area contributed by atoms with E-state index in [4.69, 9.17) is 4.52 Å². The predicted octanol–water partition coefficient (Wildman–Crippen LogP) is 3.13. The van der Waals surface area contributed by atoms with Crippen LogP contribution in [0.3, 0.4) is 0 Å². The maximum absolute atomic E-state index is 11.9. The van der Waals surface area contributed by atoms with Gasteiger partial charge in [-0.25, -0.2) is 0 Å². The molecule has 0 amide bonds. The van der Waals surface area contributed by atoms with E-state index in [2.05, 4.69) is 10.1 Å². The number of nitrogens with zero attached hydrogens (tertiary/aromatic N) is 2. The Morgan fingerprint density at radius 3 is 2.32 bits per heavy atom. The maximum atomic E-state index is 11.9. The van der Waals surface area contributed by atoms with Crippen LogP contribution in [0.4, 0.5) is 0 Å². The molecule has 1 heterocycles. The van der Waals surface area contributed by atoms with Gasteiger partial charge in [0, 0.05) is 16.7 Å². The van der Waals surface area contributed by atoms with Gasteiger partial charge in [-0.15, -0.1) is 0 Å². The minimum absolute atomic E-state index is 0.0267.